The van der Waals surface area contributed by atoms with Gasteiger partial charge in [-0.25, -0.2) is 4.39 Å². The summed E-state index contributed by atoms with van der Waals surface area (Å²) in [5.41, 5.74) is 1.28. The van der Waals surface area contributed by atoms with Crippen molar-refractivity contribution in [3.63, 3.8) is 0 Å². The van der Waals surface area contributed by atoms with Gasteiger partial charge in [0.25, 0.3) is 0 Å². The van der Waals surface area contributed by atoms with Crippen LogP contribution < -0.4 is 0 Å². The van der Waals surface area contributed by atoms with Gasteiger partial charge < -0.3 is 4.74 Å². The molecule has 2 aliphatic rings. The van der Waals surface area contributed by atoms with E-state index in [0.717, 1.165) is 24.8 Å². The summed E-state index contributed by atoms with van der Waals surface area (Å²) < 4.78 is 19.0. The average molecular weight is 234 g/mol. The van der Waals surface area contributed by atoms with Crippen LogP contribution in [-0.2, 0) is 4.74 Å². The van der Waals surface area contributed by atoms with E-state index in [0.29, 0.717) is 5.56 Å². The molecule has 0 spiro atoms. The quantitative estimate of drug-likeness (QED) is 0.735. The fraction of sp³-hybridized carbons (Fsp3) is 0.500. The van der Waals surface area contributed by atoms with Crippen LogP contribution in [0.25, 0.3) is 0 Å². The molecule has 2 bridgehead atoms. The maximum Gasteiger partial charge on any atom is 0.168 e. The lowest BCUT2D eigenvalue weighted by molar-refractivity contribution is 0.0743. The highest BCUT2D eigenvalue weighted by atomic mass is 19.1. The first-order chi connectivity index (χ1) is 8.13. The highest BCUT2D eigenvalue weighted by molar-refractivity contribution is 5.98. The van der Waals surface area contributed by atoms with Crippen molar-refractivity contribution < 1.29 is 13.9 Å². The van der Waals surface area contributed by atoms with Gasteiger partial charge in [-0.1, -0.05) is 0 Å². The zero-order valence-electron chi connectivity index (χ0n) is 9.78. The SMILES string of the molecule is Cc1cc(F)cc(C(=O)C2CC3CCC2O3)c1. The van der Waals surface area contributed by atoms with Crippen LogP contribution in [0.1, 0.15) is 35.2 Å². The second-order valence-corrected chi connectivity index (χ2v) is 5.10. The van der Waals surface area contributed by atoms with E-state index in [-0.39, 0.29) is 29.7 Å². The van der Waals surface area contributed by atoms with Gasteiger partial charge in [-0.3, -0.25) is 4.79 Å². The molecule has 0 aromatic heterocycles. The van der Waals surface area contributed by atoms with E-state index < -0.39 is 0 Å². The number of hydrogen-bond acceptors (Lipinski definition) is 2. The van der Waals surface area contributed by atoms with E-state index in [1.165, 1.54) is 12.1 Å². The Labute approximate surface area is 99.8 Å². The number of halogens is 1. The molecule has 3 rings (SSSR count). The maximum absolute atomic E-state index is 13.3. The van der Waals surface area contributed by atoms with Gasteiger partial charge in [0.05, 0.1) is 18.1 Å². The molecule has 0 amide bonds. The number of benzene rings is 1. The van der Waals surface area contributed by atoms with Gasteiger partial charge in [-0.15, -0.1) is 0 Å². The first kappa shape index (κ1) is 10.9. The Kier molecular flexibility index (Phi) is 2.51. The molecule has 0 saturated carbocycles. The van der Waals surface area contributed by atoms with Crippen molar-refractivity contribution in [2.75, 3.05) is 0 Å². The predicted octanol–water partition coefficient (Wildman–Crippen LogP) is 2.88. The summed E-state index contributed by atoms with van der Waals surface area (Å²) in [6.45, 7) is 1.80. The summed E-state index contributed by atoms with van der Waals surface area (Å²) in [7, 11) is 0. The third-order valence-electron chi connectivity index (χ3n) is 3.77. The lowest BCUT2D eigenvalue weighted by Crippen LogP contribution is -2.25. The normalized spacial score (nSPS) is 30.8. The Morgan fingerprint density at radius 2 is 2.18 bits per heavy atom. The van der Waals surface area contributed by atoms with Gasteiger partial charge in [0.15, 0.2) is 5.78 Å². The number of hydrogen-bond donors (Lipinski definition) is 0. The van der Waals surface area contributed by atoms with Crippen molar-refractivity contribution in [1.29, 1.82) is 0 Å². The van der Waals surface area contributed by atoms with Crippen molar-refractivity contribution in [3.8, 4) is 0 Å². The minimum Gasteiger partial charge on any atom is -0.374 e. The highest BCUT2D eigenvalue weighted by Gasteiger charge is 2.44. The molecule has 3 heteroatoms. The lowest BCUT2D eigenvalue weighted by Gasteiger charge is -2.17. The Morgan fingerprint density at radius 3 is 2.76 bits per heavy atom. The number of ether oxygens (including phenoxy) is 1. The van der Waals surface area contributed by atoms with Gasteiger partial charge in [0.1, 0.15) is 5.82 Å². The van der Waals surface area contributed by atoms with E-state index in [2.05, 4.69) is 0 Å². The molecule has 0 radical (unpaired) electrons. The molecular formula is C14H15FO2. The summed E-state index contributed by atoms with van der Waals surface area (Å²) in [6.07, 6.45) is 3.16. The fourth-order valence-corrected chi connectivity index (χ4v) is 3.01. The molecule has 1 aromatic rings. The topological polar surface area (TPSA) is 26.3 Å². The average Bonchev–Trinajstić information content (AvgIpc) is 2.88. The van der Waals surface area contributed by atoms with Gasteiger partial charge >= 0.3 is 0 Å². The minimum absolute atomic E-state index is 0.0415. The van der Waals surface area contributed by atoms with Crippen LogP contribution in [-0.4, -0.2) is 18.0 Å². The molecule has 3 atom stereocenters. The standard InChI is InChI=1S/C14H15FO2/c1-8-4-9(6-10(15)5-8)14(16)12-7-11-2-3-13(12)17-11/h4-6,11-13H,2-3,7H2,1H3. The summed E-state index contributed by atoms with van der Waals surface area (Å²) in [6, 6.07) is 4.53. The fourth-order valence-electron chi connectivity index (χ4n) is 3.01. The summed E-state index contributed by atoms with van der Waals surface area (Å²) in [5.74, 6) is -0.354. The van der Waals surface area contributed by atoms with E-state index >= 15 is 0 Å². The molecule has 2 heterocycles. The van der Waals surface area contributed by atoms with Crippen LogP contribution in [0, 0.1) is 18.7 Å². The van der Waals surface area contributed by atoms with Crippen LogP contribution in [0.4, 0.5) is 4.39 Å². The minimum atomic E-state index is -0.336. The Bertz CT molecular complexity index is 449. The number of Topliss-reactive ketones (excluding diaryl/α,β-unsaturated/α-hetero) is 1. The molecule has 2 fully saturated rings. The van der Waals surface area contributed by atoms with E-state index in [1.54, 1.807) is 13.0 Å². The molecular weight excluding hydrogens is 219 g/mol. The van der Waals surface area contributed by atoms with Crippen LogP contribution in [0.2, 0.25) is 0 Å². The lowest BCUT2D eigenvalue weighted by atomic mass is 9.83. The molecule has 0 N–H and O–H groups in total. The van der Waals surface area contributed by atoms with Crippen molar-refractivity contribution in [3.05, 3.63) is 35.1 Å². The van der Waals surface area contributed by atoms with Gasteiger partial charge in [0.2, 0.25) is 0 Å². The second kappa shape index (κ2) is 3.91. The third-order valence-corrected chi connectivity index (χ3v) is 3.77. The first-order valence-electron chi connectivity index (χ1n) is 6.10. The second-order valence-electron chi connectivity index (χ2n) is 5.10. The molecule has 90 valence electrons. The van der Waals surface area contributed by atoms with Crippen molar-refractivity contribution in [1.82, 2.24) is 0 Å². The summed E-state index contributed by atoms with van der Waals surface area (Å²) in [5, 5.41) is 0. The molecule has 2 nitrogen and oxygen atoms in total. The molecule has 2 saturated heterocycles. The van der Waals surface area contributed by atoms with Gasteiger partial charge in [-0.2, -0.15) is 0 Å². The van der Waals surface area contributed by atoms with E-state index in [9.17, 15) is 9.18 Å². The Balaban J connectivity index is 1.86. The smallest absolute Gasteiger partial charge is 0.168 e. The predicted molar refractivity (Wildman–Crippen MR) is 61.5 cm³/mol. The summed E-state index contributed by atoms with van der Waals surface area (Å²) >= 11 is 0. The Morgan fingerprint density at radius 1 is 1.35 bits per heavy atom. The summed E-state index contributed by atoms with van der Waals surface area (Å²) in [4.78, 5) is 12.3. The number of carbonyl (C=O) groups is 1. The molecule has 1 aromatic carbocycles. The zero-order chi connectivity index (χ0) is 12.0. The van der Waals surface area contributed by atoms with Gasteiger partial charge in [0, 0.05) is 5.56 Å². The number of fused-ring (bicyclic) bond motifs is 2. The molecule has 17 heavy (non-hydrogen) atoms. The number of carbonyl (C=O) groups excluding carboxylic acids is 1. The maximum atomic E-state index is 13.3. The van der Waals surface area contributed by atoms with Crippen molar-refractivity contribution in [2.45, 2.75) is 38.4 Å². The number of ketones is 1. The van der Waals surface area contributed by atoms with Crippen LogP contribution in [0.5, 0.6) is 0 Å². The van der Waals surface area contributed by atoms with Crippen LogP contribution in [0.3, 0.4) is 0 Å². The van der Waals surface area contributed by atoms with Crippen molar-refractivity contribution in [2.24, 2.45) is 5.92 Å². The highest BCUT2D eigenvalue weighted by Crippen LogP contribution is 2.40. The first-order valence-corrected chi connectivity index (χ1v) is 6.10. The third kappa shape index (κ3) is 1.89. The zero-order valence-corrected chi connectivity index (χ0v) is 9.78. The van der Waals surface area contributed by atoms with E-state index in [4.69, 9.17) is 4.74 Å². The number of aryl methyl sites for hydroxylation is 1. The molecule has 3 unspecified atom stereocenters. The molecule has 2 aliphatic heterocycles. The van der Waals surface area contributed by atoms with E-state index in [1.807, 2.05) is 0 Å². The van der Waals surface area contributed by atoms with Crippen LogP contribution >= 0.6 is 0 Å². The number of rotatable bonds is 2. The largest absolute Gasteiger partial charge is 0.374 e. The molecule has 0 aliphatic carbocycles. The van der Waals surface area contributed by atoms with Gasteiger partial charge in [-0.05, 0) is 49.9 Å². The van der Waals surface area contributed by atoms with Crippen molar-refractivity contribution >= 4 is 5.78 Å². The van der Waals surface area contributed by atoms with Crippen LogP contribution in [0.15, 0.2) is 18.2 Å². The monoisotopic (exact) mass is 234 g/mol. The Hall–Kier alpha value is -1.22.